The topological polar surface area (TPSA) is 51.2 Å². The zero-order valence-electron chi connectivity index (χ0n) is 24.3. The van der Waals surface area contributed by atoms with E-state index in [1.54, 1.807) is 14.2 Å². The molecule has 1 saturated carbocycles. The van der Waals surface area contributed by atoms with Crippen molar-refractivity contribution >= 4 is 5.97 Å². The summed E-state index contributed by atoms with van der Waals surface area (Å²) in [6.45, 7) is 3.23. The molecule has 3 atom stereocenters. The fraction of sp³-hybridized carbons (Fsp3) is 0.306. The van der Waals surface area contributed by atoms with Crippen molar-refractivity contribution in [2.45, 2.75) is 30.2 Å². The highest BCUT2D eigenvalue weighted by Gasteiger charge is 2.64. The number of carbonyl (C=O) groups is 1. The minimum absolute atomic E-state index is 0.166. The number of hydrogen-bond acceptors (Lipinski definition) is 6. The first-order valence-electron chi connectivity index (χ1n) is 14.7. The molecule has 1 aliphatic carbocycles. The maximum atomic E-state index is 14.0. The summed E-state index contributed by atoms with van der Waals surface area (Å²) in [5, 5.41) is 0. The molecule has 6 heteroatoms. The molecular formula is C36H38N2O4. The van der Waals surface area contributed by atoms with Crippen LogP contribution in [0.2, 0.25) is 0 Å². The van der Waals surface area contributed by atoms with Crippen molar-refractivity contribution in [1.29, 1.82) is 0 Å². The van der Waals surface area contributed by atoms with Gasteiger partial charge in [-0.25, -0.2) is 0 Å². The van der Waals surface area contributed by atoms with E-state index in [1.165, 1.54) is 11.1 Å². The van der Waals surface area contributed by atoms with Crippen molar-refractivity contribution in [3.8, 4) is 5.75 Å². The fourth-order valence-electron chi connectivity index (χ4n) is 6.34. The Labute approximate surface area is 248 Å². The molecule has 1 saturated heterocycles. The van der Waals surface area contributed by atoms with Gasteiger partial charge < -0.3 is 14.2 Å². The van der Waals surface area contributed by atoms with Crippen molar-refractivity contribution in [3.05, 3.63) is 138 Å². The third kappa shape index (κ3) is 5.58. The number of benzene rings is 4. The second-order valence-corrected chi connectivity index (χ2v) is 11.1. The van der Waals surface area contributed by atoms with Crippen LogP contribution in [-0.4, -0.2) is 62.3 Å². The summed E-state index contributed by atoms with van der Waals surface area (Å²) in [6.07, 6.45) is -0.107. The first-order valence-corrected chi connectivity index (χ1v) is 14.7. The van der Waals surface area contributed by atoms with E-state index in [1.807, 2.05) is 54.6 Å². The summed E-state index contributed by atoms with van der Waals surface area (Å²) < 4.78 is 17.5. The number of esters is 1. The van der Waals surface area contributed by atoms with Gasteiger partial charge in [0.1, 0.15) is 11.2 Å². The van der Waals surface area contributed by atoms with Gasteiger partial charge in [-0.15, -0.1) is 0 Å². The van der Waals surface area contributed by atoms with E-state index in [2.05, 4.69) is 70.5 Å². The first-order chi connectivity index (χ1) is 20.6. The molecule has 0 N–H and O–H groups in total. The molecule has 0 aromatic heterocycles. The zero-order valence-corrected chi connectivity index (χ0v) is 24.3. The summed E-state index contributed by atoms with van der Waals surface area (Å²) in [7, 11) is 3.30. The molecular weight excluding hydrogens is 524 g/mol. The molecule has 0 spiro atoms. The third-order valence-electron chi connectivity index (χ3n) is 8.73. The molecule has 0 radical (unpaired) electrons. The lowest BCUT2D eigenvalue weighted by Crippen LogP contribution is -2.50. The molecule has 2 aliphatic rings. The van der Waals surface area contributed by atoms with Crippen LogP contribution in [0.25, 0.3) is 0 Å². The van der Waals surface area contributed by atoms with E-state index in [9.17, 15) is 4.79 Å². The highest BCUT2D eigenvalue weighted by Crippen LogP contribution is 2.52. The van der Waals surface area contributed by atoms with Gasteiger partial charge in [0, 0.05) is 38.9 Å². The Morgan fingerprint density at radius 3 is 1.67 bits per heavy atom. The lowest BCUT2D eigenvalue weighted by molar-refractivity contribution is -0.167. The molecule has 4 aromatic rings. The summed E-state index contributed by atoms with van der Waals surface area (Å²) in [6, 6.07) is 39.3. The average Bonchev–Trinajstić information content (AvgIpc) is 3.82. The van der Waals surface area contributed by atoms with Gasteiger partial charge in [0.2, 0.25) is 0 Å². The summed E-state index contributed by atoms with van der Waals surface area (Å²) >= 11 is 0. The molecule has 6 nitrogen and oxygen atoms in total. The zero-order chi connectivity index (χ0) is 28.9. The second kappa shape index (κ2) is 12.5. The molecule has 0 bridgehead atoms. The van der Waals surface area contributed by atoms with Gasteiger partial charge in [0.05, 0.1) is 19.3 Å². The van der Waals surface area contributed by atoms with Gasteiger partial charge in [-0.1, -0.05) is 103 Å². The molecule has 1 aliphatic heterocycles. The molecule has 1 unspecified atom stereocenters. The van der Waals surface area contributed by atoms with Gasteiger partial charge in [-0.2, -0.15) is 0 Å². The highest BCUT2D eigenvalue weighted by atomic mass is 16.6. The van der Waals surface area contributed by atoms with Crippen LogP contribution < -0.4 is 4.74 Å². The van der Waals surface area contributed by atoms with Crippen molar-refractivity contribution in [3.63, 3.8) is 0 Å². The van der Waals surface area contributed by atoms with Crippen molar-refractivity contribution in [1.82, 2.24) is 9.80 Å². The summed E-state index contributed by atoms with van der Waals surface area (Å²) in [4.78, 5) is 18.9. The number of nitrogens with zero attached hydrogens (tertiary/aromatic N) is 2. The average molecular weight is 563 g/mol. The van der Waals surface area contributed by atoms with Gasteiger partial charge >= 0.3 is 5.97 Å². The second-order valence-electron chi connectivity index (χ2n) is 11.1. The predicted octanol–water partition coefficient (Wildman–Crippen LogP) is 6.00. The Morgan fingerprint density at radius 2 is 1.19 bits per heavy atom. The van der Waals surface area contributed by atoms with E-state index < -0.39 is 11.6 Å². The van der Waals surface area contributed by atoms with E-state index in [-0.39, 0.29) is 18.1 Å². The molecule has 6 rings (SSSR count). The number of rotatable bonds is 10. The maximum Gasteiger partial charge on any atom is 0.321 e. The van der Waals surface area contributed by atoms with Crippen molar-refractivity contribution < 1.29 is 19.0 Å². The maximum absolute atomic E-state index is 14.0. The Morgan fingerprint density at radius 1 is 0.690 bits per heavy atom. The Hall–Kier alpha value is -3.97. The molecule has 4 aromatic carbocycles. The Balaban J connectivity index is 1.23. The highest BCUT2D eigenvalue weighted by molar-refractivity contribution is 5.88. The van der Waals surface area contributed by atoms with E-state index >= 15 is 0 Å². The monoisotopic (exact) mass is 562 g/mol. The van der Waals surface area contributed by atoms with Crippen molar-refractivity contribution in [2.75, 3.05) is 40.4 Å². The molecule has 2 fully saturated rings. The molecule has 42 heavy (non-hydrogen) atoms. The van der Waals surface area contributed by atoms with Crippen LogP contribution in [-0.2, 0) is 19.7 Å². The summed E-state index contributed by atoms with van der Waals surface area (Å²) in [5.41, 5.74) is 3.61. The van der Waals surface area contributed by atoms with Crippen LogP contribution in [0, 0.1) is 0 Å². The standard InChI is InChI=1S/C36H38N2O4/c1-40-31-20-18-30(19-21-31)36(26-32(36)41-2)35(39)42-34(29-16-10-5-11-17-29)38-24-22-37(23-25-38)33(27-12-6-3-7-13-27)28-14-8-4-9-15-28/h3-21,32-34H,22-26H2,1-2H3/t32-,34?,36-/m0/s1. The van der Waals surface area contributed by atoms with E-state index in [0.29, 0.717) is 6.42 Å². The number of carbonyl (C=O) groups excluding carboxylic acids is 1. The van der Waals surface area contributed by atoms with Crippen LogP contribution >= 0.6 is 0 Å². The molecule has 0 amide bonds. The van der Waals surface area contributed by atoms with Crippen molar-refractivity contribution in [2.24, 2.45) is 0 Å². The largest absolute Gasteiger partial charge is 0.497 e. The van der Waals surface area contributed by atoms with Crippen LogP contribution in [0.5, 0.6) is 5.75 Å². The number of ether oxygens (including phenoxy) is 3. The third-order valence-corrected chi connectivity index (χ3v) is 8.73. The van der Waals surface area contributed by atoms with E-state index in [0.717, 1.165) is 43.1 Å². The minimum Gasteiger partial charge on any atom is -0.497 e. The van der Waals surface area contributed by atoms with E-state index in [4.69, 9.17) is 14.2 Å². The SMILES string of the molecule is COc1ccc([C@@]2(C(=O)OC(c3ccccc3)N3CCN(C(c4ccccc4)c4ccccc4)CC3)C[C@@H]2OC)cc1. The number of piperazine rings is 1. The first kappa shape index (κ1) is 28.2. The molecule has 1 heterocycles. The van der Waals surface area contributed by atoms with Crippen LogP contribution in [0.1, 0.15) is 40.9 Å². The fourth-order valence-corrected chi connectivity index (χ4v) is 6.34. The van der Waals surface area contributed by atoms with Gasteiger partial charge in [0.25, 0.3) is 0 Å². The smallest absolute Gasteiger partial charge is 0.321 e. The minimum atomic E-state index is -0.818. The van der Waals surface area contributed by atoms with Crippen LogP contribution in [0.4, 0.5) is 0 Å². The normalized spacial score (nSPS) is 21.5. The number of methoxy groups -OCH3 is 2. The Bertz CT molecular complexity index is 1400. The van der Waals surface area contributed by atoms with Crippen LogP contribution in [0.15, 0.2) is 115 Å². The van der Waals surface area contributed by atoms with Gasteiger partial charge in [0.15, 0.2) is 6.23 Å². The quantitative estimate of drug-likeness (QED) is 0.221. The van der Waals surface area contributed by atoms with Crippen LogP contribution in [0.3, 0.4) is 0 Å². The summed E-state index contributed by atoms with van der Waals surface area (Å²) in [5.74, 6) is 0.503. The van der Waals surface area contributed by atoms with Gasteiger partial charge in [-0.3, -0.25) is 14.6 Å². The predicted molar refractivity (Wildman–Crippen MR) is 163 cm³/mol. The lowest BCUT2D eigenvalue weighted by Gasteiger charge is -2.42. The lowest BCUT2D eigenvalue weighted by atomic mass is 9.95. The number of hydrogen-bond donors (Lipinski definition) is 0. The Kier molecular flexibility index (Phi) is 8.38. The van der Waals surface area contributed by atoms with Gasteiger partial charge in [-0.05, 0) is 35.2 Å². The molecule has 216 valence electrons.